The van der Waals surface area contributed by atoms with Gasteiger partial charge in [0.2, 0.25) is 15.9 Å². The number of sulfonamides is 2. The summed E-state index contributed by atoms with van der Waals surface area (Å²) >= 11 is 1.18. The van der Waals surface area contributed by atoms with Crippen molar-refractivity contribution in [1.82, 2.24) is 8.61 Å². The fourth-order valence-electron chi connectivity index (χ4n) is 3.80. The Hall–Kier alpha value is -1.79. The van der Waals surface area contributed by atoms with Gasteiger partial charge < -0.3 is 5.32 Å². The number of carbonyl (C=O) groups excluding carboxylic acids is 1. The Labute approximate surface area is 194 Å². The number of piperidine rings is 1. The molecule has 0 saturated carbocycles. The van der Waals surface area contributed by atoms with Gasteiger partial charge in [-0.05, 0) is 48.9 Å². The van der Waals surface area contributed by atoms with Crippen molar-refractivity contribution in [3.8, 4) is 0 Å². The molecule has 1 N–H and O–H groups in total. The van der Waals surface area contributed by atoms with E-state index in [0.29, 0.717) is 41.4 Å². The van der Waals surface area contributed by atoms with Crippen molar-refractivity contribution in [3.63, 3.8) is 0 Å². The highest BCUT2D eigenvalue weighted by molar-refractivity contribution is 7.91. The van der Waals surface area contributed by atoms with Crippen LogP contribution in [0.5, 0.6) is 0 Å². The van der Waals surface area contributed by atoms with Gasteiger partial charge in [0.1, 0.15) is 4.21 Å². The third kappa shape index (κ3) is 5.07. The van der Waals surface area contributed by atoms with Crippen LogP contribution in [0.4, 0.5) is 5.69 Å². The summed E-state index contributed by atoms with van der Waals surface area (Å²) in [5, 5.41) is 4.55. The number of anilines is 1. The molecule has 1 aliphatic heterocycles. The van der Waals surface area contributed by atoms with E-state index in [1.54, 1.807) is 50.4 Å². The highest BCUT2D eigenvalue weighted by Crippen LogP contribution is 2.28. The van der Waals surface area contributed by atoms with Gasteiger partial charge in [-0.2, -0.15) is 8.61 Å². The third-order valence-corrected chi connectivity index (χ3v) is 11.2. The number of thiophene rings is 1. The fraction of sp³-hybridized carbons (Fsp3) is 0.476. The van der Waals surface area contributed by atoms with E-state index in [1.165, 1.54) is 26.0 Å². The number of aryl methyl sites for hydroxylation is 1. The molecule has 3 rings (SSSR count). The molecule has 0 atom stereocenters. The Morgan fingerprint density at radius 3 is 2.34 bits per heavy atom. The summed E-state index contributed by atoms with van der Waals surface area (Å²) in [7, 11) is -7.17. The second-order valence-electron chi connectivity index (χ2n) is 7.67. The Bertz CT molecular complexity index is 1150. The van der Waals surface area contributed by atoms with Crippen LogP contribution in [0.15, 0.2) is 44.8 Å². The number of carbonyl (C=O) groups is 1. The highest BCUT2D eigenvalue weighted by atomic mass is 32.2. The molecule has 1 aliphatic rings. The molecular formula is C21H29N3O5S3. The summed E-state index contributed by atoms with van der Waals surface area (Å²) in [5.74, 6) is -0.567. The van der Waals surface area contributed by atoms with Crippen LogP contribution in [0.25, 0.3) is 0 Å². The highest BCUT2D eigenvalue weighted by Gasteiger charge is 2.33. The SMILES string of the molecule is CCN(CC)S(=O)(=O)c1cc(NC(=O)C2CCN(S(=O)(=O)c3cccs3)CC2)ccc1C. The van der Waals surface area contributed by atoms with Crippen molar-refractivity contribution in [3.05, 3.63) is 41.3 Å². The Balaban J connectivity index is 1.68. The lowest BCUT2D eigenvalue weighted by Gasteiger charge is -2.30. The molecule has 0 aliphatic carbocycles. The van der Waals surface area contributed by atoms with E-state index in [-0.39, 0.29) is 29.8 Å². The lowest BCUT2D eigenvalue weighted by Crippen LogP contribution is -2.41. The molecule has 32 heavy (non-hydrogen) atoms. The number of rotatable bonds is 8. The Morgan fingerprint density at radius 2 is 1.78 bits per heavy atom. The quantitative estimate of drug-likeness (QED) is 0.601. The topological polar surface area (TPSA) is 104 Å². The zero-order chi connectivity index (χ0) is 23.5. The van der Waals surface area contributed by atoms with Crippen LogP contribution in [0.1, 0.15) is 32.3 Å². The van der Waals surface area contributed by atoms with Gasteiger partial charge in [-0.3, -0.25) is 4.79 Å². The van der Waals surface area contributed by atoms with E-state index in [4.69, 9.17) is 0 Å². The summed E-state index contributed by atoms with van der Waals surface area (Å²) in [4.78, 5) is 13.0. The normalized spacial score (nSPS) is 16.4. The van der Waals surface area contributed by atoms with Crippen LogP contribution in [0.3, 0.4) is 0 Å². The minimum Gasteiger partial charge on any atom is -0.326 e. The molecule has 0 unspecified atom stereocenters. The third-order valence-electron chi connectivity index (χ3n) is 5.69. The number of hydrogen-bond donors (Lipinski definition) is 1. The molecule has 0 radical (unpaired) electrons. The molecule has 0 bridgehead atoms. The first-order chi connectivity index (χ1) is 15.1. The van der Waals surface area contributed by atoms with E-state index < -0.39 is 20.0 Å². The predicted octanol–water partition coefficient (Wildman–Crippen LogP) is 3.13. The van der Waals surface area contributed by atoms with Crippen molar-refractivity contribution in [2.75, 3.05) is 31.5 Å². The van der Waals surface area contributed by atoms with E-state index in [2.05, 4.69) is 5.32 Å². The maximum Gasteiger partial charge on any atom is 0.252 e. The molecule has 0 spiro atoms. The summed E-state index contributed by atoms with van der Waals surface area (Å²) in [6, 6.07) is 8.15. The average molecular weight is 500 g/mol. The number of nitrogens with one attached hydrogen (secondary N) is 1. The zero-order valence-electron chi connectivity index (χ0n) is 18.4. The molecule has 1 amide bonds. The minimum absolute atomic E-state index is 0.177. The monoisotopic (exact) mass is 499 g/mol. The molecule has 2 heterocycles. The number of hydrogen-bond acceptors (Lipinski definition) is 6. The fourth-order valence-corrected chi connectivity index (χ4v) is 8.12. The summed E-state index contributed by atoms with van der Waals surface area (Å²) in [6.45, 7) is 6.57. The van der Waals surface area contributed by atoms with Crippen LogP contribution in [-0.2, 0) is 24.8 Å². The van der Waals surface area contributed by atoms with Crippen molar-refractivity contribution in [1.29, 1.82) is 0 Å². The summed E-state index contributed by atoms with van der Waals surface area (Å²) in [5.41, 5.74) is 1.03. The van der Waals surface area contributed by atoms with Gasteiger partial charge in [0, 0.05) is 37.8 Å². The van der Waals surface area contributed by atoms with Gasteiger partial charge >= 0.3 is 0 Å². The van der Waals surface area contributed by atoms with Gasteiger partial charge in [0.05, 0.1) is 4.90 Å². The second kappa shape index (κ2) is 10.0. The first kappa shape index (κ1) is 24.8. The Kier molecular flexibility index (Phi) is 7.77. The zero-order valence-corrected chi connectivity index (χ0v) is 20.9. The van der Waals surface area contributed by atoms with E-state index in [1.807, 2.05) is 0 Å². The molecule has 2 aromatic rings. The lowest BCUT2D eigenvalue weighted by molar-refractivity contribution is -0.120. The van der Waals surface area contributed by atoms with Crippen LogP contribution in [0, 0.1) is 12.8 Å². The van der Waals surface area contributed by atoms with E-state index in [0.717, 1.165) is 0 Å². The molecule has 1 fully saturated rings. The molecule has 1 aromatic carbocycles. The molecule has 1 saturated heterocycles. The molecule has 11 heteroatoms. The van der Waals surface area contributed by atoms with Crippen molar-refractivity contribution < 1.29 is 21.6 Å². The first-order valence-corrected chi connectivity index (χ1v) is 14.3. The van der Waals surface area contributed by atoms with Gasteiger partial charge in [-0.15, -0.1) is 11.3 Å². The maximum absolute atomic E-state index is 12.9. The summed E-state index contributed by atoms with van der Waals surface area (Å²) in [6.07, 6.45) is 0.819. The standard InChI is InChI=1S/C21H29N3O5S3/c1-4-23(5-2)31(26,27)19-15-18(9-8-16(19)3)22-21(25)17-10-12-24(13-11-17)32(28,29)20-7-6-14-30-20/h6-9,14-15,17H,4-5,10-13H2,1-3H3,(H,22,25). The van der Waals surface area contributed by atoms with Crippen molar-refractivity contribution >= 4 is 43.0 Å². The van der Waals surface area contributed by atoms with Crippen LogP contribution < -0.4 is 5.32 Å². The van der Waals surface area contributed by atoms with Gasteiger partial charge in [-0.25, -0.2) is 16.8 Å². The van der Waals surface area contributed by atoms with E-state index in [9.17, 15) is 21.6 Å². The second-order valence-corrected chi connectivity index (χ2v) is 12.7. The largest absolute Gasteiger partial charge is 0.326 e. The lowest BCUT2D eigenvalue weighted by atomic mass is 9.97. The van der Waals surface area contributed by atoms with Crippen molar-refractivity contribution in [2.45, 2.75) is 42.7 Å². The van der Waals surface area contributed by atoms with Gasteiger partial charge in [0.25, 0.3) is 10.0 Å². The van der Waals surface area contributed by atoms with Crippen LogP contribution in [-0.4, -0.2) is 57.5 Å². The molecule has 1 aromatic heterocycles. The predicted molar refractivity (Wildman–Crippen MR) is 126 cm³/mol. The van der Waals surface area contributed by atoms with Crippen LogP contribution in [0.2, 0.25) is 0 Å². The summed E-state index contributed by atoms with van der Waals surface area (Å²) < 4.78 is 54.3. The first-order valence-electron chi connectivity index (χ1n) is 10.6. The van der Waals surface area contributed by atoms with Crippen LogP contribution >= 0.6 is 11.3 Å². The average Bonchev–Trinajstić information content (AvgIpc) is 3.31. The number of nitrogens with zero attached hydrogens (tertiary/aromatic N) is 2. The number of benzene rings is 1. The van der Waals surface area contributed by atoms with Crippen molar-refractivity contribution in [2.24, 2.45) is 5.92 Å². The molecule has 8 nitrogen and oxygen atoms in total. The van der Waals surface area contributed by atoms with Gasteiger partial charge in [-0.1, -0.05) is 26.0 Å². The van der Waals surface area contributed by atoms with E-state index >= 15 is 0 Å². The molecule has 176 valence electrons. The minimum atomic E-state index is -3.65. The smallest absolute Gasteiger partial charge is 0.252 e. The maximum atomic E-state index is 12.9. The Morgan fingerprint density at radius 1 is 1.12 bits per heavy atom. The number of amides is 1. The molecular weight excluding hydrogens is 470 g/mol. The van der Waals surface area contributed by atoms with Gasteiger partial charge in [0.15, 0.2) is 0 Å².